The topological polar surface area (TPSA) is 17.1 Å². The third kappa shape index (κ3) is 13.5. The summed E-state index contributed by atoms with van der Waals surface area (Å²) in [5.41, 5.74) is -0.0485. The first kappa shape index (κ1) is 24.7. The first-order valence-corrected chi connectivity index (χ1v) is 11.6. The fourth-order valence-electron chi connectivity index (χ4n) is 3.75. The maximum absolute atomic E-state index is 12.3. The summed E-state index contributed by atoms with van der Waals surface area (Å²) in [6.45, 7) is 8.76. The smallest absolute Gasteiger partial charge is 0.138 e. The Bertz CT molecular complexity index is 296. The van der Waals surface area contributed by atoms with Crippen molar-refractivity contribution in [2.45, 2.75) is 143 Å². The Morgan fingerprint density at radius 2 is 1.00 bits per heavy atom. The first-order chi connectivity index (χ1) is 12.1. The third-order valence-corrected chi connectivity index (χ3v) is 6.01. The molecule has 0 aromatic heterocycles. The van der Waals surface area contributed by atoms with Gasteiger partial charge in [-0.05, 0) is 19.3 Å². The molecule has 0 N–H and O–H groups in total. The highest BCUT2D eigenvalue weighted by molar-refractivity contribution is 5.84. The predicted octanol–water partition coefficient (Wildman–Crippen LogP) is 8.64. The largest absolute Gasteiger partial charge is 0.299 e. The van der Waals surface area contributed by atoms with Crippen molar-refractivity contribution in [2.75, 3.05) is 0 Å². The Hall–Kier alpha value is -0.330. The highest BCUT2D eigenvalue weighted by Gasteiger charge is 2.29. The van der Waals surface area contributed by atoms with E-state index < -0.39 is 0 Å². The highest BCUT2D eigenvalue weighted by atomic mass is 16.1. The standard InChI is InChI=1S/C24H48O/c1-5-8-9-10-11-12-13-14-15-16-17-18-19-20-22-24(4,7-3)23(25)21-6-2/h5-22H2,1-4H3. The molecule has 0 aromatic carbocycles. The van der Waals surface area contributed by atoms with Crippen molar-refractivity contribution in [1.29, 1.82) is 0 Å². The van der Waals surface area contributed by atoms with E-state index in [0.717, 1.165) is 25.7 Å². The minimum atomic E-state index is -0.0485. The van der Waals surface area contributed by atoms with Gasteiger partial charge in [0.1, 0.15) is 5.78 Å². The van der Waals surface area contributed by atoms with E-state index in [1.54, 1.807) is 0 Å². The van der Waals surface area contributed by atoms with Crippen LogP contribution in [0.3, 0.4) is 0 Å². The minimum absolute atomic E-state index is 0.0485. The number of Topliss-reactive ketones (excluding diaryl/α,β-unsaturated/α-hetero) is 1. The summed E-state index contributed by atoms with van der Waals surface area (Å²) in [6, 6.07) is 0. The molecule has 1 nitrogen and oxygen atoms in total. The molecule has 0 bridgehead atoms. The number of carbonyl (C=O) groups is 1. The molecule has 0 aliphatic rings. The van der Waals surface area contributed by atoms with E-state index in [1.165, 1.54) is 89.9 Å². The fourth-order valence-corrected chi connectivity index (χ4v) is 3.75. The Morgan fingerprint density at radius 3 is 1.36 bits per heavy atom. The van der Waals surface area contributed by atoms with E-state index in [1.807, 2.05) is 0 Å². The molecule has 1 heteroatoms. The minimum Gasteiger partial charge on any atom is -0.299 e. The van der Waals surface area contributed by atoms with Gasteiger partial charge in [0.2, 0.25) is 0 Å². The second-order valence-corrected chi connectivity index (χ2v) is 8.43. The molecular formula is C24H48O. The SMILES string of the molecule is CCCCCCCCCCCCCCCCC(C)(CC)C(=O)CCC. The number of hydrogen-bond acceptors (Lipinski definition) is 1. The molecule has 0 aliphatic heterocycles. The molecule has 0 rings (SSSR count). The molecule has 0 radical (unpaired) electrons. The van der Waals surface area contributed by atoms with Gasteiger partial charge in [-0.25, -0.2) is 0 Å². The zero-order valence-corrected chi connectivity index (χ0v) is 18.1. The van der Waals surface area contributed by atoms with Crippen LogP contribution in [0.4, 0.5) is 0 Å². The van der Waals surface area contributed by atoms with E-state index in [-0.39, 0.29) is 5.41 Å². The third-order valence-electron chi connectivity index (χ3n) is 6.01. The molecule has 25 heavy (non-hydrogen) atoms. The van der Waals surface area contributed by atoms with Gasteiger partial charge in [0, 0.05) is 11.8 Å². The zero-order chi connectivity index (χ0) is 18.8. The van der Waals surface area contributed by atoms with Gasteiger partial charge in [0.05, 0.1) is 0 Å². The molecule has 0 saturated carbocycles. The monoisotopic (exact) mass is 352 g/mol. The number of rotatable bonds is 19. The first-order valence-electron chi connectivity index (χ1n) is 11.6. The van der Waals surface area contributed by atoms with Crippen molar-refractivity contribution in [3.05, 3.63) is 0 Å². The van der Waals surface area contributed by atoms with Crippen LogP contribution in [-0.4, -0.2) is 5.78 Å². The summed E-state index contributed by atoms with van der Waals surface area (Å²) < 4.78 is 0. The molecular weight excluding hydrogens is 304 g/mol. The van der Waals surface area contributed by atoms with E-state index >= 15 is 0 Å². The van der Waals surface area contributed by atoms with E-state index in [9.17, 15) is 4.79 Å². The van der Waals surface area contributed by atoms with Crippen molar-refractivity contribution in [1.82, 2.24) is 0 Å². The van der Waals surface area contributed by atoms with Crippen molar-refractivity contribution in [3.8, 4) is 0 Å². The van der Waals surface area contributed by atoms with Crippen molar-refractivity contribution in [3.63, 3.8) is 0 Å². The van der Waals surface area contributed by atoms with E-state index in [4.69, 9.17) is 0 Å². The summed E-state index contributed by atoms with van der Waals surface area (Å²) in [7, 11) is 0. The Labute approximate surface area is 159 Å². The van der Waals surface area contributed by atoms with Crippen LogP contribution >= 0.6 is 0 Å². The predicted molar refractivity (Wildman–Crippen MR) is 113 cm³/mol. The van der Waals surface area contributed by atoms with E-state index in [2.05, 4.69) is 27.7 Å². The normalized spacial score (nSPS) is 13.8. The zero-order valence-electron chi connectivity index (χ0n) is 18.1. The summed E-state index contributed by atoms with van der Waals surface area (Å²) in [4.78, 5) is 12.3. The molecule has 0 aliphatic carbocycles. The highest BCUT2D eigenvalue weighted by Crippen LogP contribution is 2.31. The summed E-state index contributed by atoms with van der Waals surface area (Å²) in [5.74, 6) is 0.493. The van der Waals surface area contributed by atoms with Crippen LogP contribution < -0.4 is 0 Å². The summed E-state index contributed by atoms with van der Waals surface area (Å²) >= 11 is 0. The molecule has 0 fully saturated rings. The van der Waals surface area contributed by atoms with Crippen LogP contribution in [-0.2, 0) is 4.79 Å². The second-order valence-electron chi connectivity index (χ2n) is 8.43. The quantitative estimate of drug-likeness (QED) is 0.212. The van der Waals surface area contributed by atoms with Crippen LogP contribution in [0, 0.1) is 5.41 Å². The number of ketones is 1. The van der Waals surface area contributed by atoms with Crippen molar-refractivity contribution < 1.29 is 4.79 Å². The molecule has 150 valence electrons. The van der Waals surface area contributed by atoms with Gasteiger partial charge in [-0.3, -0.25) is 4.79 Å². The lowest BCUT2D eigenvalue weighted by atomic mass is 9.77. The molecule has 1 unspecified atom stereocenters. The van der Waals surface area contributed by atoms with Gasteiger partial charge in [0.15, 0.2) is 0 Å². The number of unbranched alkanes of at least 4 members (excludes halogenated alkanes) is 13. The maximum Gasteiger partial charge on any atom is 0.138 e. The Kier molecular flexibility index (Phi) is 16.9. The number of hydrogen-bond donors (Lipinski definition) is 0. The van der Waals surface area contributed by atoms with Crippen molar-refractivity contribution in [2.24, 2.45) is 5.41 Å². The van der Waals surface area contributed by atoms with Gasteiger partial charge in [-0.2, -0.15) is 0 Å². The van der Waals surface area contributed by atoms with Crippen LogP contribution in [0.1, 0.15) is 143 Å². The molecule has 0 saturated heterocycles. The van der Waals surface area contributed by atoms with Crippen LogP contribution in [0.5, 0.6) is 0 Å². The molecule has 0 aromatic rings. The lowest BCUT2D eigenvalue weighted by molar-refractivity contribution is -0.128. The average Bonchev–Trinajstić information content (AvgIpc) is 2.62. The van der Waals surface area contributed by atoms with Gasteiger partial charge in [0.25, 0.3) is 0 Å². The molecule has 1 atom stereocenters. The molecule has 0 amide bonds. The van der Waals surface area contributed by atoms with Crippen LogP contribution in [0.25, 0.3) is 0 Å². The lowest BCUT2D eigenvalue weighted by Crippen LogP contribution is -2.26. The Balaban J connectivity index is 3.42. The maximum atomic E-state index is 12.3. The van der Waals surface area contributed by atoms with Crippen LogP contribution in [0.15, 0.2) is 0 Å². The van der Waals surface area contributed by atoms with E-state index in [0.29, 0.717) is 5.78 Å². The van der Waals surface area contributed by atoms with Gasteiger partial charge in [-0.1, -0.05) is 118 Å². The average molecular weight is 353 g/mol. The second kappa shape index (κ2) is 17.1. The van der Waals surface area contributed by atoms with Crippen molar-refractivity contribution >= 4 is 5.78 Å². The lowest BCUT2D eigenvalue weighted by Gasteiger charge is -2.26. The van der Waals surface area contributed by atoms with Gasteiger partial charge < -0.3 is 0 Å². The van der Waals surface area contributed by atoms with Gasteiger partial charge in [-0.15, -0.1) is 0 Å². The number of carbonyl (C=O) groups excluding carboxylic acids is 1. The van der Waals surface area contributed by atoms with Gasteiger partial charge >= 0.3 is 0 Å². The molecule has 0 heterocycles. The molecule has 0 spiro atoms. The summed E-state index contributed by atoms with van der Waals surface area (Å²) in [5, 5.41) is 0. The van der Waals surface area contributed by atoms with Crippen LogP contribution in [0.2, 0.25) is 0 Å². The summed E-state index contributed by atoms with van der Waals surface area (Å²) in [6.07, 6.45) is 23.4. The fraction of sp³-hybridized carbons (Fsp3) is 0.958. The Morgan fingerprint density at radius 1 is 0.600 bits per heavy atom.